The maximum atomic E-state index is 10.00. The van der Waals surface area contributed by atoms with Gasteiger partial charge in [0.2, 0.25) is 0 Å². The predicted molar refractivity (Wildman–Crippen MR) is 83.4 cm³/mol. The molecule has 24 heavy (non-hydrogen) atoms. The van der Waals surface area contributed by atoms with Gasteiger partial charge in [-0.15, -0.1) is 0 Å². The highest BCUT2D eigenvalue weighted by atomic mass is 16.8. The quantitative estimate of drug-likeness (QED) is 0.792. The lowest BCUT2D eigenvalue weighted by Gasteiger charge is -2.28. The van der Waals surface area contributed by atoms with E-state index in [-0.39, 0.29) is 0 Å². The SMILES string of the molecule is COc1ccc(COC2C3OC(C)(C)O[C@H]3O[C@@H]2[C@H](O)CO)cc1. The monoisotopic (exact) mass is 340 g/mol. The van der Waals surface area contributed by atoms with Crippen molar-refractivity contribution < 1.29 is 33.9 Å². The van der Waals surface area contributed by atoms with E-state index in [0.717, 1.165) is 11.3 Å². The molecule has 0 radical (unpaired) electrons. The van der Waals surface area contributed by atoms with Gasteiger partial charge in [-0.1, -0.05) is 12.1 Å². The van der Waals surface area contributed by atoms with E-state index in [1.54, 1.807) is 21.0 Å². The Morgan fingerprint density at radius 3 is 2.54 bits per heavy atom. The summed E-state index contributed by atoms with van der Waals surface area (Å²) in [7, 11) is 1.61. The maximum Gasteiger partial charge on any atom is 0.190 e. The van der Waals surface area contributed by atoms with Crippen molar-refractivity contribution in [3.05, 3.63) is 29.8 Å². The third-order valence-electron chi connectivity index (χ3n) is 4.19. The van der Waals surface area contributed by atoms with Crippen molar-refractivity contribution >= 4 is 0 Å². The number of ether oxygens (including phenoxy) is 5. The summed E-state index contributed by atoms with van der Waals surface area (Å²) in [5.41, 5.74) is 0.953. The molecule has 0 aromatic heterocycles. The molecule has 2 fully saturated rings. The number of hydrogen-bond donors (Lipinski definition) is 2. The number of hydrogen-bond acceptors (Lipinski definition) is 7. The Morgan fingerprint density at radius 2 is 1.92 bits per heavy atom. The van der Waals surface area contributed by atoms with Crippen molar-refractivity contribution in [1.82, 2.24) is 0 Å². The number of rotatable bonds is 6. The number of aliphatic hydroxyl groups excluding tert-OH is 2. The summed E-state index contributed by atoms with van der Waals surface area (Å²) in [5.74, 6) is -0.00231. The zero-order valence-corrected chi connectivity index (χ0v) is 14.0. The summed E-state index contributed by atoms with van der Waals surface area (Å²) in [6.45, 7) is 3.49. The molecule has 3 rings (SSSR count). The second-order valence-electron chi connectivity index (χ2n) is 6.44. The van der Waals surface area contributed by atoms with Gasteiger partial charge in [-0.25, -0.2) is 0 Å². The van der Waals surface area contributed by atoms with Gasteiger partial charge in [-0.2, -0.15) is 0 Å². The third-order valence-corrected chi connectivity index (χ3v) is 4.19. The van der Waals surface area contributed by atoms with Crippen LogP contribution in [0.25, 0.3) is 0 Å². The summed E-state index contributed by atoms with van der Waals surface area (Å²) in [6, 6.07) is 7.51. The topological polar surface area (TPSA) is 86.6 Å². The van der Waals surface area contributed by atoms with E-state index in [0.29, 0.717) is 6.61 Å². The van der Waals surface area contributed by atoms with Crippen LogP contribution in [0.5, 0.6) is 5.75 Å². The normalized spacial score (nSPS) is 32.5. The minimum absolute atomic E-state index is 0.319. The summed E-state index contributed by atoms with van der Waals surface area (Å²) >= 11 is 0. The lowest BCUT2D eigenvalue weighted by molar-refractivity contribution is -0.232. The van der Waals surface area contributed by atoms with Crippen molar-refractivity contribution in [3.8, 4) is 5.75 Å². The van der Waals surface area contributed by atoms with E-state index in [9.17, 15) is 10.2 Å². The molecule has 2 heterocycles. The zero-order chi connectivity index (χ0) is 17.3. The molecule has 2 saturated heterocycles. The van der Waals surface area contributed by atoms with Crippen LogP contribution in [0.1, 0.15) is 19.4 Å². The minimum atomic E-state index is -1.06. The van der Waals surface area contributed by atoms with E-state index in [1.807, 2.05) is 24.3 Å². The summed E-state index contributed by atoms with van der Waals surface area (Å²) < 4.78 is 28.3. The summed E-state index contributed by atoms with van der Waals surface area (Å²) in [6.07, 6.45) is -3.39. The average molecular weight is 340 g/mol. The van der Waals surface area contributed by atoms with Gasteiger partial charge in [0, 0.05) is 0 Å². The molecule has 0 aliphatic carbocycles. The highest BCUT2D eigenvalue weighted by Gasteiger charge is 2.56. The summed E-state index contributed by atoms with van der Waals surface area (Å²) in [5, 5.41) is 19.2. The molecule has 2 N–H and O–H groups in total. The molecule has 0 amide bonds. The highest BCUT2D eigenvalue weighted by Crippen LogP contribution is 2.39. The van der Waals surface area contributed by atoms with Crippen LogP contribution < -0.4 is 4.74 Å². The van der Waals surface area contributed by atoms with Crippen LogP contribution in [0, 0.1) is 0 Å². The molecule has 7 nitrogen and oxygen atoms in total. The molecular weight excluding hydrogens is 316 g/mol. The van der Waals surface area contributed by atoms with Crippen molar-refractivity contribution in [3.63, 3.8) is 0 Å². The van der Waals surface area contributed by atoms with Gasteiger partial charge in [-0.3, -0.25) is 0 Å². The first kappa shape index (κ1) is 17.6. The zero-order valence-electron chi connectivity index (χ0n) is 14.0. The van der Waals surface area contributed by atoms with Crippen LogP contribution in [-0.2, 0) is 25.6 Å². The molecule has 2 unspecified atom stereocenters. The highest BCUT2D eigenvalue weighted by molar-refractivity contribution is 5.26. The van der Waals surface area contributed by atoms with E-state index in [2.05, 4.69) is 0 Å². The molecule has 1 aromatic carbocycles. The number of methoxy groups -OCH3 is 1. The molecular formula is C17H24O7. The van der Waals surface area contributed by atoms with Crippen molar-refractivity contribution in [2.75, 3.05) is 13.7 Å². The molecule has 1 aromatic rings. The second-order valence-corrected chi connectivity index (χ2v) is 6.44. The van der Waals surface area contributed by atoms with Crippen LogP contribution in [-0.4, -0.2) is 60.4 Å². The Balaban J connectivity index is 1.69. The van der Waals surface area contributed by atoms with Crippen LogP contribution in [0.3, 0.4) is 0 Å². The van der Waals surface area contributed by atoms with Crippen molar-refractivity contribution in [2.45, 2.75) is 56.9 Å². The minimum Gasteiger partial charge on any atom is -0.497 e. The second kappa shape index (κ2) is 6.95. The first-order valence-electron chi connectivity index (χ1n) is 7.98. The maximum absolute atomic E-state index is 10.00. The van der Waals surface area contributed by atoms with Gasteiger partial charge < -0.3 is 33.9 Å². The molecule has 0 spiro atoms. The largest absolute Gasteiger partial charge is 0.497 e. The first-order valence-corrected chi connectivity index (χ1v) is 7.98. The Hall–Kier alpha value is -1.22. The van der Waals surface area contributed by atoms with Crippen LogP contribution in [0.15, 0.2) is 24.3 Å². The molecule has 2 aliphatic rings. The lowest BCUT2D eigenvalue weighted by atomic mass is 10.1. The molecule has 7 heteroatoms. The van der Waals surface area contributed by atoms with Crippen LogP contribution in [0.2, 0.25) is 0 Å². The lowest BCUT2D eigenvalue weighted by Crippen LogP contribution is -2.44. The first-order chi connectivity index (χ1) is 11.4. The number of benzene rings is 1. The predicted octanol–water partition coefficient (Wildman–Crippen LogP) is 0.810. The Kier molecular flexibility index (Phi) is 5.10. The fourth-order valence-electron chi connectivity index (χ4n) is 3.02. The molecule has 134 valence electrons. The van der Waals surface area contributed by atoms with Crippen molar-refractivity contribution in [2.24, 2.45) is 0 Å². The van der Waals surface area contributed by atoms with E-state index >= 15 is 0 Å². The van der Waals surface area contributed by atoms with Gasteiger partial charge in [0.25, 0.3) is 0 Å². The fourth-order valence-corrected chi connectivity index (χ4v) is 3.02. The fraction of sp³-hybridized carbons (Fsp3) is 0.647. The van der Waals surface area contributed by atoms with E-state index < -0.39 is 43.1 Å². The van der Waals surface area contributed by atoms with Gasteiger partial charge >= 0.3 is 0 Å². The Bertz CT molecular complexity index is 544. The van der Waals surface area contributed by atoms with Crippen LogP contribution >= 0.6 is 0 Å². The summed E-state index contributed by atoms with van der Waals surface area (Å²) in [4.78, 5) is 0. The van der Waals surface area contributed by atoms with Crippen molar-refractivity contribution in [1.29, 1.82) is 0 Å². The average Bonchev–Trinajstić information content (AvgIpc) is 3.04. The van der Waals surface area contributed by atoms with Crippen LogP contribution in [0.4, 0.5) is 0 Å². The van der Waals surface area contributed by atoms with Gasteiger partial charge in [-0.05, 0) is 31.5 Å². The number of fused-ring (bicyclic) bond motifs is 1. The van der Waals surface area contributed by atoms with Gasteiger partial charge in [0.1, 0.15) is 30.2 Å². The Labute approximate surface area is 141 Å². The molecule has 2 aliphatic heterocycles. The van der Waals surface area contributed by atoms with Gasteiger partial charge in [0.15, 0.2) is 12.1 Å². The standard InChI is InChI=1S/C17H24O7/c1-17(2)23-15-14(13(12(19)8-18)22-16(15)24-17)21-9-10-4-6-11(20-3)7-5-10/h4-7,12-16,18-19H,8-9H2,1-3H3/t12-,13-,14?,15?,16-/m1/s1. The Morgan fingerprint density at radius 1 is 1.21 bits per heavy atom. The smallest absolute Gasteiger partial charge is 0.190 e. The molecule has 0 saturated carbocycles. The van der Waals surface area contributed by atoms with Gasteiger partial charge in [0.05, 0.1) is 20.3 Å². The van der Waals surface area contributed by atoms with E-state index in [4.69, 9.17) is 23.7 Å². The number of aliphatic hydroxyl groups is 2. The molecule has 5 atom stereocenters. The van der Waals surface area contributed by atoms with E-state index in [1.165, 1.54) is 0 Å². The third kappa shape index (κ3) is 3.56. The molecule has 0 bridgehead atoms.